The van der Waals surface area contributed by atoms with Crippen molar-refractivity contribution in [2.45, 2.75) is 18.2 Å². The average Bonchev–Trinajstić information content (AvgIpc) is 2.71. The van der Waals surface area contributed by atoms with Crippen LogP contribution in [0.2, 0.25) is 0 Å². The predicted molar refractivity (Wildman–Crippen MR) is 109 cm³/mol. The lowest BCUT2D eigenvalue weighted by Gasteiger charge is -2.31. The van der Waals surface area contributed by atoms with Gasteiger partial charge in [-0.05, 0) is 42.0 Å². The smallest absolute Gasteiger partial charge is 0.231 e. The van der Waals surface area contributed by atoms with Gasteiger partial charge in [0.05, 0.1) is 31.7 Å². The number of rotatable bonds is 6. The number of ether oxygens (including phenoxy) is 2. The number of thioether (sulfide) groups is 1. The summed E-state index contributed by atoms with van der Waals surface area (Å²) in [6, 6.07) is 14.6. The molecule has 0 radical (unpaired) electrons. The summed E-state index contributed by atoms with van der Waals surface area (Å²) < 4.78 is 10.3. The molecule has 1 aliphatic rings. The molecule has 1 heterocycles. The first kappa shape index (κ1) is 19.8. The van der Waals surface area contributed by atoms with Crippen LogP contribution in [0.3, 0.4) is 0 Å². The van der Waals surface area contributed by atoms with Gasteiger partial charge in [-0.25, -0.2) is 4.99 Å². The Morgan fingerprint density at radius 3 is 2.21 bits per heavy atom. The van der Waals surface area contributed by atoms with Crippen LogP contribution in [0.25, 0.3) is 0 Å². The minimum absolute atomic E-state index is 0.0534. The maximum atomic E-state index is 12.7. The van der Waals surface area contributed by atoms with Gasteiger partial charge in [-0.3, -0.25) is 14.5 Å². The number of hydrogen-bond acceptors (Lipinski definition) is 6. The Labute approximate surface area is 167 Å². The van der Waals surface area contributed by atoms with Crippen LogP contribution >= 0.6 is 11.8 Å². The van der Waals surface area contributed by atoms with Crippen molar-refractivity contribution in [3.8, 4) is 11.5 Å². The normalized spacial score (nSPS) is 18.2. The highest BCUT2D eigenvalue weighted by atomic mass is 32.2. The molecule has 1 atom stereocenters. The molecule has 146 valence electrons. The van der Waals surface area contributed by atoms with Crippen molar-refractivity contribution in [1.29, 1.82) is 0 Å². The molecule has 7 nitrogen and oxygen atoms in total. The van der Waals surface area contributed by atoms with Crippen LogP contribution in [-0.4, -0.2) is 41.4 Å². The molecule has 8 heteroatoms. The Morgan fingerprint density at radius 2 is 1.68 bits per heavy atom. The summed E-state index contributed by atoms with van der Waals surface area (Å²) in [4.78, 5) is 30.5. The van der Waals surface area contributed by atoms with E-state index in [1.165, 1.54) is 11.8 Å². The third-order valence-corrected chi connectivity index (χ3v) is 5.46. The number of carbonyl (C=O) groups excluding carboxylic acids is 2. The molecule has 0 spiro atoms. The van der Waals surface area contributed by atoms with E-state index in [1.807, 2.05) is 24.3 Å². The van der Waals surface area contributed by atoms with Gasteiger partial charge in [0.2, 0.25) is 11.8 Å². The zero-order valence-corrected chi connectivity index (χ0v) is 16.4. The molecule has 2 aromatic rings. The lowest BCUT2D eigenvalue weighted by Crippen LogP contribution is -2.45. The van der Waals surface area contributed by atoms with E-state index >= 15 is 0 Å². The van der Waals surface area contributed by atoms with Crippen molar-refractivity contribution >= 4 is 34.4 Å². The first-order chi connectivity index (χ1) is 13.5. The summed E-state index contributed by atoms with van der Waals surface area (Å²) in [6.07, 6.45) is 0.0534. The minimum atomic E-state index is -0.628. The molecule has 0 aromatic heterocycles. The Hall–Kier alpha value is -3.00. The lowest BCUT2D eigenvalue weighted by molar-refractivity contribution is -0.130. The maximum Gasteiger partial charge on any atom is 0.231 e. The number of amides is 2. The SMILES string of the molecule is COc1ccc(CN2C(=O)C[C@H](C(N)=O)SC2=Nc2ccc(OC)cc2)cc1. The molecule has 0 saturated carbocycles. The van der Waals surface area contributed by atoms with Gasteiger partial charge in [0.25, 0.3) is 0 Å². The standard InChI is InChI=1S/C20H21N3O4S/c1-26-15-7-3-13(4-8-15)12-23-18(24)11-17(19(21)25)28-20(23)22-14-5-9-16(27-2)10-6-14/h3-10,17H,11-12H2,1-2H3,(H2,21,25)/t17-/m1/s1. The zero-order chi connectivity index (χ0) is 20.1. The summed E-state index contributed by atoms with van der Waals surface area (Å²) in [5.74, 6) is 0.737. The van der Waals surface area contributed by atoms with Gasteiger partial charge in [-0.2, -0.15) is 0 Å². The van der Waals surface area contributed by atoms with Gasteiger partial charge in [0.1, 0.15) is 11.5 Å². The van der Waals surface area contributed by atoms with E-state index in [4.69, 9.17) is 15.2 Å². The van der Waals surface area contributed by atoms with Gasteiger partial charge in [0.15, 0.2) is 5.17 Å². The van der Waals surface area contributed by atoms with Gasteiger partial charge >= 0.3 is 0 Å². The molecular weight excluding hydrogens is 378 g/mol. The van der Waals surface area contributed by atoms with Crippen LogP contribution in [0, 0.1) is 0 Å². The number of benzene rings is 2. The van der Waals surface area contributed by atoms with Crippen LogP contribution in [0.5, 0.6) is 11.5 Å². The molecule has 28 heavy (non-hydrogen) atoms. The molecule has 0 aliphatic carbocycles. The second-order valence-electron chi connectivity index (χ2n) is 6.13. The first-order valence-corrected chi connectivity index (χ1v) is 9.50. The van der Waals surface area contributed by atoms with Gasteiger partial charge in [-0.15, -0.1) is 0 Å². The zero-order valence-electron chi connectivity index (χ0n) is 15.6. The van der Waals surface area contributed by atoms with Crippen molar-refractivity contribution in [2.75, 3.05) is 14.2 Å². The van der Waals surface area contributed by atoms with Crippen molar-refractivity contribution in [2.24, 2.45) is 10.7 Å². The van der Waals surface area contributed by atoms with Crippen LogP contribution < -0.4 is 15.2 Å². The number of amidine groups is 1. The molecule has 0 unspecified atom stereocenters. The van der Waals surface area contributed by atoms with E-state index in [9.17, 15) is 9.59 Å². The summed E-state index contributed by atoms with van der Waals surface area (Å²) in [5.41, 5.74) is 7.02. The summed E-state index contributed by atoms with van der Waals surface area (Å²) in [5, 5.41) is -0.183. The molecule has 2 N–H and O–H groups in total. The molecule has 1 aliphatic heterocycles. The van der Waals surface area contributed by atoms with E-state index in [0.29, 0.717) is 23.1 Å². The summed E-state index contributed by atoms with van der Waals surface area (Å²) in [7, 11) is 3.19. The highest BCUT2D eigenvalue weighted by Gasteiger charge is 2.34. The summed E-state index contributed by atoms with van der Waals surface area (Å²) in [6.45, 7) is 0.344. The third-order valence-electron chi connectivity index (χ3n) is 4.25. The predicted octanol–water partition coefficient (Wildman–Crippen LogP) is 2.71. The number of methoxy groups -OCH3 is 2. The molecule has 2 amide bonds. The van der Waals surface area contributed by atoms with E-state index < -0.39 is 11.2 Å². The van der Waals surface area contributed by atoms with Crippen LogP contribution in [0.1, 0.15) is 12.0 Å². The average molecular weight is 399 g/mol. The highest BCUT2D eigenvalue weighted by molar-refractivity contribution is 8.15. The molecule has 2 aromatic carbocycles. The van der Waals surface area contributed by atoms with E-state index in [1.54, 1.807) is 43.4 Å². The van der Waals surface area contributed by atoms with E-state index in [2.05, 4.69) is 4.99 Å². The molecule has 1 fully saturated rings. The number of primary amides is 1. The third kappa shape index (κ3) is 4.64. The number of nitrogens with zero attached hydrogens (tertiary/aromatic N) is 2. The molecule has 1 saturated heterocycles. The van der Waals surface area contributed by atoms with Crippen molar-refractivity contribution in [3.05, 3.63) is 54.1 Å². The van der Waals surface area contributed by atoms with Crippen LogP contribution in [-0.2, 0) is 16.1 Å². The Morgan fingerprint density at radius 1 is 1.11 bits per heavy atom. The monoisotopic (exact) mass is 399 g/mol. The maximum absolute atomic E-state index is 12.7. The molecular formula is C20H21N3O4S. The largest absolute Gasteiger partial charge is 0.497 e. The summed E-state index contributed by atoms with van der Waals surface area (Å²) >= 11 is 1.21. The van der Waals surface area contributed by atoms with Gasteiger partial charge < -0.3 is 15.2 Å². The second-order valence-corrected chi connectivity index (χ2v) is 7.30. The number of hydrogen-bond donors (Lipinski definition) is 1. The number of nitrogens with two attached hydrogens (primary N) is 1. The number of carbonyl (C=O) groups is 2. The van der Waals surface area contributed by atoms with Crippen molar-refractivity contribution in [3.63, 3.8) is 0 Å². The lowest BCUT2D eigenvalue weighted by atomic mass is 10.2. The van der Waals surface area contributed by atoms with Crippen molar-refractivity contribution < 1.29 is 19.1 Å². The Bertz CT molecular complexity index is 881. The minimum Gasteiger partial charge on any atom is -0.497 e. The topological polar surface area (TPSA) is 94.2 Å². The first-order valence-electron chi connectivity index (χ1n) is 8.62. The Kier molecular flexibility index (Phi) is 6.20. The second kappa shape index (κ2) is 8.79. The fourth-order valence-corrected chi connectivity index (χ4v) is 3.74. The van der Waals surface area contributed by atoms with Crippen LogP contribution in [0.4, 0.5) is 5.69 Å². The quantitative estimate of drug-likeness (QED) is 0.806. The van der Waals surface area contributed by atoms with E-state index in [-0.39, 0.29) is 12.3 Å². The molecule has 3 rings (SSSR count). The number of aliphatic imine (C=N–C) groups is 1. The fourth-order valence-electron chi connectivity index (χ4n) is 2.69. The Balaban J connectivity index is 1.89. The highest BCUT2D eigenvalue weighted by Crippen LogP contribution is 2.30. The van der Waals surface area contributed by atoms with Gasteiger partial charge in [-0.1, -0.05) is 23.9 Å². The molecule has 0 bridgehead atoms. The fraction of sp³-hybridized carbons (Fsp3) is 0.250. The van der Waals surface area contributed by atoms with Gasteiger partial charge in [0, 0.05) is 6.42 Å². The van der Waals surface area contributed by atoms with Crippen molar-refractivity contribution in [1.82, 2.24) is 4.90 Å². The van der Waals surface area contributed by atoms with Crippen LogP contribution in [0.15, 0.2) is 53.5 Å². The van der Waals surface area contributed by atoms with E-state index in [0.717, 1.165) is 11.3 Å².